The van der Waals surface area contributed by atoms with Gasteiger partial charge in [-0.1, -0.05) is 0 Å². The SMILES string of the molecule is CC(C)(C)OC(=O)N[C@H](c1cn2ncc(C(NC(=O)CC3(C(F)(F)F)CC3)C3(C#N)CC3)cc2n1)C1CCC(F)(F)CC1. The summed E-state index contributed by atoms with van der Waals surface area (Å²) in [4.78, 5) is 30.2. The number of hydrogen-bond acceptors (Lipinski definition) is 6. The highest BCUT2D eigenvalue weighted by Crippen LogP contribution is 2.60. The van der Waals surface area contributed by atoms with E-state index in [2.05, 4.69) is 26.8 Å². The van der Waals surface area contributed by atoms with Gasteiger partial charge in [-0.2, -0.15) is 23.5 Å². The average Bonchev–Trinajstić information content (AvgIpc) is 3.81. The Bertz CT molecular complexity index is 1420. The molecule has 3 fully saturated rings. The van der Waals surface area contributed by atoms with Crippen molar-refractivity contribution in [2.75, 3.05) is 0 Å². The van der Waals surface area contributed by atoms with Crippen LogP contribution in [-0.2, 0) is 9.53 Å². The fraction of sp³-hybridized carbons (Fsp3) is 0.690. The summed E-state index contributed by atoms with van der Waals surface area (Å²) in [6.45, 7) is 5.11. The Labute approximate surface area is 245 Å². The Kier molecular flexibility index (Phi) is 7.62. The van der Waals surface area contributed by atoms with E-state index in [4.69, 9.17) is 4.74 Å². The second-order valence-electron chi connectivity index (χ2n) is 13.3. The van der Waals surface area contributed by atoms with Crippen molar-refractivity contribution in [3.05, 3.63) is 29.7 Å². The number of rotatable bonds is 8. The van der Waals surface area contributed by atoms with Gasteiger partial charge in [0.1, 0.15) is 5.60 Å². The van der Waals surface area contributed by atoms with Gasteiger partial charge in [-0.25, -0.2) is 23.1 Å². The van der Waals surface area contributed by atoms with E-state index in [1.807, 2.05) is 0 Å². The lowest BCUT2D eigenvalue weighted by molar-refractivity contribution is -0.190. The predicted molar refractivity (Wildman–Crippen MR) is 143 cm³/mol. The van der Waals surface area contributed by atoms with Gasteiger partial charge in [-0.05, 0) is 76.8 Å². The van der Waals surface area contributed by atoms with Crippen LogP contribution in [0.25, 0.3) is 5.65 Å². The van der Waals surface area contributed by atoms with Gasteiger partial charge >= 0.3 is 12.3 Å². The molecule has 3 aliphatic rings. The van der Waals surface area contributed by atoms with Crippen LogP contribution in [0.15, 0.2) is 18.5 Å². The van der Waals surface area contributed by atoms with Gasteiger partial charge in [0.25, 0.3) is 0 Å². The molecule has 2 heterocycles. The zero-order valence-electron chi connectivity index (χ0n) is 24.2. The smallest absolute Gasteiger partial charge is 0.408 e. The fourth-order valence-corrected chi connectivity index (χ4v) is 5.85. The van der Waals surface area contributed by atoms with Crippen molar-refractivity contribution in [2.24, 2.45) is 16.7 Å². The van der Waals surface area contributed by atoms with Gasteiger partial charge in [0.05, 0.1) is 47.1 Å². The van der Waals surface area contributed by atoms with Crippen molar-refractivity contribution in [2.45, 2.75) is 108 Å². The third-order valence-corrected chi connectivity index (χ3v) is 8.74. The molecule has 0 aliphatic heterocycles. The lowest BCUT2D eigenvalue weighted by atomic mass is 9.81. The minimum Gasteiger partial charge on any atom is -0.444 e. The van der Waals surface area contributed by atoms with Crippen LogP contribution in [0.4, 0.5) is 26.7 Å². The van der Waals surface area contributed by atoms with Crippen LogP contribution in [0, 0.1) is 28.1 Å². The minimum atomic E-state index is -4.49. The summed E-state index contributed by atoms with van der Waals surface area (Å²) < 4.78 is 75.2. The lowest BCUT2D eigenvalue weighted by Crippen LogP contribution is -2.40. The van der Waals surface area contributed by atoms with E-state index in [0.717, 1.165) is 0 Å². The lowest BCUT2D eigenvalue weighted by Gasteiger charge is -2.33. The summed E-state index contributed by atoms with van der Waals surface area (Å²) in [6.07, 6.45) is -2.59. The maximum absolute atomic E-state index is 13.9. The van der Waals surface area contributed by atoms with E-state index in [1.165, 1.54) is 10.7 Å². The highest BCUT2D eigenvalue weighted by molar-refractivity contribution is 5.78. The first-order valence-electron chi connectivity index (χ1n) is 14.4. The minimum absolute atomic E-state index is 0.112. The van der Waals surface area contributed by atoms with Crippen molar-refractivity contribution >= 4 is 17.6 Å². The zero-order valence-corrected chi connectivity index (χ0v) is 24.2. The topological polar surface area (TPSA) is 121 Å². The van der Waals surface area contributed by atoms with E-state index < -0.39 is 59.0 Å². The predicted octanol–water partition coefficient (Wildman–Crippen LogP) is 6.31. The van der Waals surface area contributed by atoms with Crippen molar-refractivity contribution in [3.8, 4) is 6.07 Å². The van der Waals surface area contributed by atoms with Gasteiger partial charge in [0, 0.05) is 19.3 Å². The monoisotopic (exact) mass is 610 g/mol. The van der Waals surface area contributed by atoms with Crippen LogP contribution in [-0.4, -0.2) is 44.3 Å². The summed E-state index contributed by atoms with van der Waals surface area (Å²) in [7, 11) is 0. The summed E-state index contributed by atoms with van der Waals surface area (Å²) in [5.74, 6) is -3.91. The Morgan fingerprint density at radius 3 is 2.30 bits per heavy atom. The molecule has 0 aromatic carbocycles. The molecule has 9 nitrogen and oxygen atoms in total. The van der Waals surface area contributed by atoms with Crippen molar-refractivity contribution in [1.82, 2.24) is 25.2 Å². The van der Waals surface area contributed by atoms with Crippen molar-refractivity contribution in [3.63, 3.8) is 0 Å². The summed E-state index contributed by atoms with van der Waals surface area (Å²) in [5.41, 5.74) is -2.72. The van der Waals surface area contributed by atoms with Crippen LogP contribution in [0.5, 0.6) is 0 Å². The number of hydrogen-bond donors (Lipinski definition) is 2. The number of nitrogens with one attached hydrogen (secondary N) is 2. The molecule has 2 N–H and O–H groups in total. The van der Waals surface area contributed by atoms with E-state index in [9.17, 15) is 36.8 Å². The number of ether oxygens (including phenoxy) is 1. The van der Waals surface area contributed by atoms with Gasteiger partial charge in [0.2, 0.25) is 11.8 Å². The number of aromatic nitrogens is 3. The first-order chi connectivity index (χ1) is 19.9. The Morgan fingerprint density at radius 2 is 1.77 bits per heavy atom. The molecule has 234 valence electrons. The molecular weight excluding hydrogens is 575 g/mol. The van der Waals surface area contributed by atoms with Crippen LogP contribution >= 0.6 is 0 Å². The summed E-state index contributed by atoms with van der Waals surface area (Å²) in [5, 5.41) is 19.7. The molecule has 3 saturated carbocycles. The second kappa shape index (κ2) is 10.6. The standard InChI is InChI=1S/C29H35F5N6O3/c1-25(2,3)43-24(42)39-22(17-4-6-28(30,31)7-5-17)19-15-40-20(37-19)12-18(14-36-40)23(26(16-35)8-9-26)38-21(41)13-27(10-11-27)29(32,33)34/h12,14-15,17,22-23H,4-11,13H2,1-3H3,(H,38,41)(H,39,42)/t22-,23?/m0/s1. The maximum atomic E-state index is 13.9. The normalized spacial score (nSPS) is 22.2. The average molecular weight is 611 g/mol. The van der Waals surface area contributed by atoms with E-state index in [0.29, 0.717) is 29.7 Å². The Morgan fingerprint density at radius 1 is 1.12 bits per heavy atom. The molecule has 0 radical (unpaired) electrons. The molecule has 0 saturated heterocycles. The molecule has 5 rings (SSSR count). The highest BCUT2D eigenvalue weighted by Gasteiger charge is 2.64. The van der Waals surface area contributed by atoms with Gasteiger partial charge in [0.15, 0.2) is 5.65 Å². The Balaban J connectivity index is 1.42. The maximum Gasteiger partial charge on any atom is 0.408 e. The molecule has 2 aromatic heterocycles. The molecule has 0 bridgehead atoms. The molecule has 2 atom stereocenters. The van der Waals surface area contributed by atoms with Crippen molar-refractivity contribution in [1.29, 1.82) is 5.26 Å². The number of alkyl carbamates (subject to hydrolysis) is 1. The van der Waals surface area contributed by atoms with E-state index in [1.54, 1.807) is 33.0 Å². The number of fused-ring (bicyclic) bond motifs is 1. The third-order valence-electron chi connectivity index (χ3n) is 8.74. The van der Waals surface area contributed by atoms with Crippen LogP contribution in [0.3, 0.4) is 0 Å². The molecule has 2 amide bonds. The molecule has 1 unspecified atom stereocenters. The van der Waals surface area contributed by atoms with Gasteiger partial charge < -0.3 is 15.4 Å². The molecule has 3 aliphatic carbocycles. The molecule has 14 heteroatoms. The number of carbonyl (C=O) groups excluding carboxylic acids is 2. The second-order valence-corrected chi connectivity index (χ2v) is 13.3. The summed E-state index contributed by atoms with van der Waals surface area (Å²) in [6, 6.07) is 2.15. The first-order valence-corrected chi connectivity index (χ1v) is 14.4. The van der Waals surface area contributed by atoms with Crippen LogP contribution in [0.2, 0.25) is 0 Å². The van der Waals surface area contributed by atoms with Crippen LogP contribution in [0.1, 0.15) is 102 Å². The molecule has 43 heavy (non-hydrogen) atoms. The molecule has 2 aromatic rings. The largest absolute Gasteiger partial charge is 0.444 e. The molecular formula is C29H35F5N6O3. The molecule has 0 spiro atoms. The van der Waals surface area contributed by atoms with Gasteiger partial charge in [-0.15, -0.1) is 0 Å². The van der Waals surface area contributed by atoms with Crippen LogP contribution < -0.4 is 10.6 Å². The fourth-order valence-electron chi connectivity index (χ4n) is 5.85. The number of amides is 2. The number of halogens is 5. The number of carbonyl (C=O) groups is 2. The quantitative estimate of drug-likeness (QED) is 0.338. The number of alkyl halides is 5. The van der Waals surface area contributed by atoms with Gasteiger partial charge in [-0.3, -0.25) is 4.79 Å². The third kappa shape index (κ3) is 6.70. The summed E-state index contributed by atoms with van der Waals surface area (Å²) >= 11 is 0. The Hall–Kier alpha value is -3.50. The number of imidazole rings is 1. The first kappa shape index (κ1) is 30.9. The number of nitriles is 1. The van der Waals surface area contributed by atoms with Crippen molar-refractivity contribution < 1.29 is 36.3 Å². The highest BCUT2D eigenvalue weighted by atomic mass is 19.4. The van der Waals surface area contributed by atoms with E-state index in [-0.39, 0.29) is 44.4 Å². The number of nitrogens with zero attached hydrogens (tertiary/aromatic N) is 4. The van der Waals surface area contributed by atoms with E-state index >= 15 is 0 Å². The zero-order chi connectivity index (χ0) is 31.4.